The van der Waals surface area contributed by atoms with Gasteiger partial charge in [-0.25, -0.2) is 0 Å². The highest BCUT2D eigenvalue weighted by atomic mass is 16.1. The number of aryl methyl sites for hydroxylation is 2. The summed E-state index contributed by atoms with van der Waals surface area (Å²) in [6.45, 7) is 5.89. The highest BCUT2D eigenvalue weighted by Crippen LogP contribution is 2.23. The Hall–Kier alpha value is -1.11. The van der Waals surface area contributed by atoms with E-state index in [1.807, 2.05) is 20.8 Å². The molecule has 2 rings (SSSR count). The van der Waals surface area contributed by atoms with Crippen molar-refractivity contribution in [3.63, 3.8) is 0 Å². The lowest BCUT2D eigenvalue weighted by molar-refractivity contribution is -0.125. The Morgan fingerprint density at radius 3 is 2.72 bits per heavy atom. The van der Waals surface area contributed by atoms with E-state index in [9.17, 15) is 4.79 Å². The Balaban J connectivity index is 2.23. The number of carbonyl (C=O) groups excluding carboxylic acids is 1. The van der Waals surface area contributed by atoms with Gasteiger partial charge >= 0.3 is 0 Å². The Morgan fingerprint density at radius 1 is 1.22 bits per heavy atom. The summed E-state index contributed by atoms with van der Waals surface area (Å²) in [5.41, 5.74) is 3.24. The molecule has 0 aromatic heterocycles. The van der Waals surface area contributed by atoms with Crippen LogP contribution in [-0.4, -0.2) is 5.78 Å². The van der Waals surface area contributed by atoms with Crippen LogP contribution in [0.15, 0.2) is 18.2 Å². The third-order valence-electron chi connectivity index (χ3n) is 3.68. The highest BCUT2D eigenvalue weighted by Gasteiger charge is 2.21. The van der Waals surface area contributed by atoms with E-state index in [1.54, 1.807) is 0 Å². The summed E-state index contributed by atoms with van der Waals surface area (Å²) in [4.78, 5) is 12.1. The van der Waals surface area contributed by atoms with Gasteiger partial charge < -0.3 is 0 Å². The molecule has 0 aliphatic heterocycles. The Labute approximate surface area is 112 Å². The highest BCUT2D eigenvalue weighted by molar-refractivity contribution is 5.85. The molecule has 1 atom stereocenters. The summed E-state index contributed by atoms with van der Waals surface area (Å²) in [6.07, 6.45) is 4.73. The fourth-order valence-electron chi connectivity index (χ4n) is 2.34. The molecule has 1 aromatic rings. The molecule has 0 saturated heterocycles. The molecule has 1 aromatic carbocycles. The zero-order chi connectivity index (χ0) is 14.0. The van der Waals surface area contributed by atoms with E-state index in [4.69, 9.17) is 1.37 Å². The Bertz CT molecular complexity index is 471. The van der Waals surface area contributed by atoms with Gasteiger partial charge in [0.15, 0.2) is 0 Å². The summed E-state index contributed by atoms with van der Waals surface area (Å²) in [6, 6.07) is 6.30. The van der Waals surface area contributed by atoms with E-state index >= 15 is 0 Å². The van der Waals surface area contributed by atoms with Crippen molar-refractivity contribution in [3.05, 3.63) is 34.9 Å². The SMILES string of the molecule is [2H]C1CCCCc2ccc(CC(=O)C(C)(C)C)cc21. The third-order valence-corrected chi connectivity index (χ3v) is 3.68. The largest absolute Gasteiger partial charge is 0.299 e. The van der Waals surface area contributed by atoms with Crippen LogP contribution < -0.4 is 0 Å². The van der Waals surface area contributed by atoms with Crippen LogP contribution in [0, 0.1) is 5.41 Å². The number of carbonyl (C=O) groups is 1. The molecule has 0 heterocycles. The van der Waals surface area contributed by atoms with E-state index in [0.29, 0.717) is 6.42 Å². The van der Waals surface area contributed by atoms with Crippen LogP contribution in [0.1, 0.15) is 58.1 Å². The zero-order valence-corrected chi connectivity index (χ0v) is 11.8. The van der Waals surface area contributed by atoms with Crippen LogP contribution in [-0.2, 0) is 24.0 Å². The van der Waals surface area contributed by atoms with E-state index in [0.717, 1.165) is 30.4 Å². The smallest absolute Gasteiger partial charge is 0.142 e. The molecule has 0 N–H and O–H groups in total. The molecule has 1 aliphatic rings. The number of hydrogen-bond acceptors (Lipinski definition) is 1. The van der Waals surface area contributed by atoms with Gasteiger partial charge in [0.2, 0.25) is 0 Å². The molecule has 1 unspecified atom stereocenters. The molecule has 0 saturated carbocycles. The topological polar surface area (TPSA) is 17.1 Å². The first-order valence-electron chi connectivity index (χ1n) is 7.53. The third kappa shape index (κ3) is 3.22. The molecule has 0 bridgehead atoms. The summed E-state index contributed by atoms with van der Waals surface area (Å²) in [5.74, 6) is 0.266. The lowest BCUT2D eigenvalue weighted by atomic mass is 9.86. The van der Waals surface area contributed by atoms with Crippen LogP contribution in [0.25, 0.3) is 0 Å². The maximum absolute atomic E-state index is 12.1. The van der Waals surface area contributed by atoms with E-state index in [2.05, 4.69) is 18.2 Å². The van der Waals surface area contributed by atoms with E-state index in [1.165, 1.54) is 12.0 Å². The van der Waals surface area contributed by atoms with Gasteiger partial charge in [-0.2, -0.15) is 0 Å². The summed E-state index contributed by atoms with van der Waals surface area (Å²) in [5, 5.41) is 0. The molecule has 98 valence electrons. The fraction of sp³-hybridized carbons (Fsp3) is 0.588. The van der Waals surface area contributed by atoms with Gasteiger partial charge in [0.25, 0.3) is 0 Å². The first kappa shape index (κ1) is 12.0. The minimum Gasteiger partial charge on any atom is -0.299 e. The van der Waals surface area contributed by atoms with Crippen molar-refractivity contribution >= 4 is 5.78 Å². The second-order valence-electron chi connectivity index (χ2n) is 6.33. The van der Waals surface area contributed by atoms with Crippen LogP contribution in [0.4, 0.5) is 0 Å². The molecule has 1 aliphatic carbocycles. The quantitative estimate of drug-likeness (QED) is 0.716. The van der Waals surface area contributed by atoms with Crippen LogP contribution in [0.2, 0.25) is 0 Å². The van der Waals surface area contributed by atoms with Crippen LogP contribution in [0.3, 0.4) is 0 Å². The summed E-state index contributed by atoms with van der Waals surface area (Å²) < 4.78 is 8.21. The number of rotatable bonds is 2. The molecule has 1 nitrogen and oxygen atoms in total. The molecule has 0 spiro atoms. The molecule has 0 radical (unpaired) electrons. The maximum atomic E-state index is 12.1. The number of Topliss-reactive ketones (excluding diaryl/α,β-unsaturated/α-hetero) is 1. The van der Waals surface area contributed by atoms with Crippen LogP contribution >= 0.6 is 0 Å². The lowest BCUT2D eigenvalue weighted by Crippen LogP contribution is -2.22. The minimum atomic E-state index is -0.285. The number of ketones is 1. The van der Waals surface area contributed by atoms with Crippen molar-refractivity contribution in [1.82, 2.24) is 0 Å². The van der Waals surface area contributed by atoms with E-state index < -0.39 is 0 Å². The maximum Gasteiger partial charge on any atom is 0.142 e. The molecule has 18 heavy (non-hydrogen) atoms. The van der Waals surface area contributed by atoms with Crippen molar-refractivity contribution in [3.8, 4) is 0 Å². The number of fused-ring (bicyclic) bond motifs is 1. The monoisotopic (exact) mass is 245 g/mol. The first-order valence-corrected chi connectivity index (χ1v) is 6.95. The second-order valence-corrected chi connectivity index (χ2v) is 6.33. The van der Waals surface area contributed by atoms with Gasteiger partial charge in [0, 0.05) is 13.2 Å². The molecule has 1 heteroatoms. The van der Waals surface area contributed by atoms with Crippen molar-refractivity contribution in [1.29, 1.82) is 0 Å². The summed E-state index contributed by atoms with van der Waals surface area (Å²) in [7, 11) is 0. The summed E-state index contributed by atoms with van der Waals surface area (Å²) >= 11 is 0. The normalized spacial score (nSPS) is 20.8. The second kappa shape index (κ2) is 5.26. The predicted octanol–water partition coefficient (Wildman–Crippen LogP) is 4.11. The fourth-order valence-corrected chi connectivity index (χ4v) is 2.34. The Kier molecular flexibility index (Phi) is 3.49. The lowest BCUT2D eigenvalue weighted by Gasteiger charge is -2.17. The first-order chi connectivity index (χ1) is 8.88. The van der Waals surface area contributed by atoms with Gasteiger partial charge in [0.1, 0.15) is 5.78 Å². The van der Waals surface area contributed by atoms with Gasteiger partial charge in [-0.3, -0.25) is 4.79 Å². The molecular weight excluding hydrogens is 220 g/mol. The van der Waals surface area contributed by atoms with E-state index in [-0.39, 0.29) is 17.6 Å². The van der Waals surface area contributed by atoms with Gasteiger partial charge in [-0.1, -0.05) is 45.4 Å². The standard InChI is InChI=1S/C17H24O/c1-17(2,3)16(18)12-13-9-10-14-7-5-4-6-8-15(14)11-13/h9-11H,4-8,12H2,1-3H3/i8D. The average molecular weight is 245 g/mol. The van der Waals surface area contributed by atoms with Crippen molar-refractivity contribution in [2.24, 2.45) is 5.41 Å². The molecule has 0 fully saturated rings. The van der Waals surface area contributed by atoms with Gasteiger partial charge in [-0.15, -0.1) is 0 Å². The Morgan fingerprint density at radius 2 is 2.00 bits per heavy atom. The van der Waals surface area contributed by atoms with Crippen molar-refractivity contribution < 1.29 is 6.17 Å². The van der Waals surface area contributed by atoms with Crippen LogP contribution in [0.5, 0.6) is 0 Å². The van der Waals surface area contributed by atoms with Gasteiger partial charge in [0.05, 0.1) is 0 Å². The minimum absolute atomic E-state index is 0.109. The predicted molar refractivity (Wildman–Crippen MR) is 75.9 cm³/mol. The van der Waals surface area contributed by atoms with Gasteiger partial charge in [-0.05, 0) is 42.3 Å². The molecule has 0 amide bonds. The van der Waals surface area contributed by atoms with Crippen molar-refractivity contribution in [2.75, 3.05) is 0 Å². The number of hydrogen-bond donors (Lipinski definition) is 0. The molecular formula is C17H24O. The number of benzene rings is 1. The average Bonchev–Trinajstić information content (AvgIpc) is 2.51. The van der Waals surface area contributed by atoms with Crippen molar-refractivity contribution in [2.45, 2.75) is 59.3 Å². The zero-order valence-electron chi connectivity index (χ0n) is 12.8.